The SMILES string of the molecule is CCCC1(CCO)CCCN(C(=O)OC(C)(C)C)C1. The number of piperidine rings is 1. The molecular weight excluding hydrogens is 242 g/mol. The highest BCUT2D eigenvalue weighted by molar-refractivity contribution is 5.68. The first-order valence-corrected chi connectivity index (χ1v) is 7.41. The Balaban J connectivity index is 2.68. The van der Waals surface area contributed by atoms with E-state index in [0.29, 0.717) is 0 Å². The maximum atomic E-state index is 12.2. The summed E-state index contributed by atoms with van der Waals surface area (Å²) in [6.45, 7) is 9.52. The van der Waals surface area contributed by atoms with Crippen molar-refractivity contribution in [3.05, 3.63) is 0 Å². The predicted octanol–water partition coefficient (Wildman–Crippen LogP) is 3.19. The molecule has 0 saturated carbocycles. The summed E-state index contributed by atoms with van der Waals surface area (Å²) in [5, 5.41) is 9.29. The van der Waals surface area contributed by atoms with Crippen molar-refractivity contribution in [2.45, 2.75) is 65.4 Å². The van der Waals surface area contributed by atoms with Crippen LogP contribution in [0.25, 0.3) is 0 Å². The van der Waals surface area contributed by atoms with E-state index in [4.69, 9.17) is 4.74 Å². The average Bonchev–Trinajstić information content (AvgIpc) is 2.27. The van der Waals surface area contributed by atoms with Gasteiger partial charge in [0.15, 0.2) is 0 Å². The van der Waals surface area contributed by atoms with E-state index in [9.17, 15) is 9.90 Å². The Kier molecular flexibility index (Phi) is 5.65. The van der Waals surface area contributed by atoms with Crippen LogP contribution in [-0.2, 0) is 4.74 Å². The molecule has 1 atom stereocenters. The van der Waals surface area contributed by atoms with Crippen molar-refractivity contribution in [3.63, 3.8) is 0 Å². The molecule has 4 heteroatoms. The molecule has 1 fully saturated rings. The van der Waals surface area contributed by atoms with Gasteiger partial charge in [0.2, 0.25) is 0 Å². The number of hydrogen-bond donors (Lipinski definition) is 1. The Morgan fingerprint density at radius 2 is 2.05 bits per heavy atom. The molecule has 1 N–H and O–H groups in total. The Morgan fingerprint density at radius 3 is 2.58 bits per heavy atom. The molecule has 0 radical (unpaired) electrons. The lowest BCUT2D eigenvalue weighted by molar-refractivity contribution is -0.00264. The summed E-state index contributed by atoms with van der Waals surface area (Å²) in [5.41, 5.74) is -0.364. The maximum Gasteiger partial charge on any atom is 0.410 e. The van der Waals surface area contributed by atoms with E-state index in [1.807, 2.05) is 25.7 Å². The molecule has 1 amide bonds. The minimum Gasteiger partial charge on any atom is -0.444 e. The van der Waals surface area contributed by atoms with Crippen molar-refractivity contribution in [2.24, 2.45) is 5.41 Å². The molecule has 1 aliphatic heterocycles. The number of carbonyl (C=O) groups excluding carboxylic acids is 1. The van der Waals surface area contributed by atoms with Crippen LogP contribution in [0.5, 0.6) is 0 Å². The summed E-state index contributed by atoms with van der Waals surface area (Å²) in [6, 6.07) is 0. The molecule has 1 rings (SSSR count). The summed E-state index contributed by atoms with van der Waals surface area (Å²) in [5.74, 6) is 0. The van der Waals surface area contributed by atoms with Crippen LogP contribution in [0.3, 0.4) is 0 Å². The monoisotopic (exact) mass is 271 g/mol. The van der Waals surface area contributed by atoms with Crippen LogP contribution < -0.4 is 0 Å². The summed E-state index contributed by atoms with van der Waals surface area (Å²) >= 11 is 0. The van der Waals surface area contributed by atoms with Gasteiger partial charge in [-0.25, -0.2) is 4.79 Å². The number of carbonyl (C=O) groups is 1. The van der Waals surface area contributed by atoms with Crippen LogP contribution in [0.2, 0.25) is 0 Å². The van der Waals surface area contributed by atoms with E-state index in [1.165, 1.54) is 0 Å². The fourth-order valence-corrected chi connectivity index (χ4v) is 2.99. The Morgan fingerprint density at radius 1 is 1.37 bits per heavy atom. The van der Waals surface area contributed by atoms with Gasteiger partial charge in [0.25, 0.3) is 0 Å². The third-order valence-corrected chi connectivity index (χ3v) is 3.74. The number of amides is 1. The van der Waals surface area contributed by atoms with Crippen LogP contribution in [0.15, 0.2) is 0 Å². The number of likely N-dealkylation sites (tertiary alicyclic amines) is 1. The highest BCUT2D eigenvalue weighted by Crippen LogP contribution is 2.38. The lowest BCUT2D eigenvalue weighted by atomic mass is 9.74. The molecule has 112 valence electrons. The molecule has 1 heterocycles. The van der Waals surface area contributed by atoms with Gasteiger partial charge in [0.1, 0.15) is 5.60 Å². The molecule has 0 aromatic rings. The lowest BCUT2D eigenvalue weighted by Gasteiger charge is -2.43. The number of aliphatic hydroxyl groups is 1. The van der Waals surface area contributed by atoms with Crippen molar-refractivity contribution in [3.8, 4) is 0 Å². The molecule has 1 unspecified atom stereocenters. The van der Waals surface area contributed by atoms with E-state index in [0.717, 1.165) is 45.2 Å². The van der Waals surface area contributed by atoms with Crippen LogP contribution in [0, 0.1) is 5.41 Å². The van der Waals surface area contributed by atoms with E-state index in [-0.39, 0.29) is 18.1 Å². The highest BCUT2D eigenvalue weighted by atomic mass is 16.6. The quantitative estimate of drug-likeness (QED) is 0.854. The van der Waals surface area contributed by atoms with Crippen molar-refractivity contribution in [1.29, 1.82) is 0 Å². The highest BCUT2D eigenvalue weighted by Gasteiger charge is 2.37. The van der Waals surface area contributed by atoms with Crippen LogP contribution in [-0.4, -0.2) is 41.4 Å². The van der Waals surface area contributed by atoms with Crippen LogP contribution >= 0.6 is 0 Å². The third kappa shape index (κ3) is 5.01. The van der Waals surface area contributed by atoms with Gasteiger partial charge in [-0.15, -0.1) is 0 Å². The zero-order valence-corrected chi connectivity index (χ0v) is 12.9. The fourth-order valence-electron chi connectivity index (χ4n) is 2.99. The average molecular weight is 271 g/mol. The first-order valence-electron chi connectivity index (χ1n) is 7.41. The van der Waals surface area contributed by atoms with Crippen molar-refractivity contribution in [1.82, 2.24) is 4.90 Å². The van der Waals surface area contributed by atoms with E-state index in [2.05, 4.69) is 6.92 Å². The zero-order chi connectivity index (χ0) is 14.5. The predicted molar refractivity (Wildman–Crippen MR) is 76.1 cm³/mol. The molecule has 0 aromatic heterocycles. The minimum atomic E-state index is -0.446. The second-order valence-electron chi connectivity index (χ2n) is 6.73. The van der Waals surface area contributed by atoms with Crippen molar-refractivity contribution >= 4 is 6.09 Å². The van der Waals surface area contributed by atoms with Gasteiger partial charge in [-0.1, -0.05) is 13.3 Å². The molecule has 0 bridgehead atoms. The van der Waals surface area contributed by atoms with E-state index >= 15 is 0 Å². The lowest BCUT2D eigenvalue weighted by Crippen LogP contribution is -2.48. The van der Waals surface area contributed by atoms with Gasteiger partial charge in [-0.05, 0) is 51.9 Å². The van der Waals surface area contributed by atoms with Gasteiger partial charge in [-0.3, -0.25) is 0 Å². The number of rotatable bonds is 4. The molecule has 4 nitrogen and oxygen atoms in total. The molecule has 0 aliphatic carbocycles. The summed E-state index contributed by atoms with van der Waals surface area (Å²) in [6.07, 6.45) is 4.81. The van der Waals surface area contributed by atoms with Gasteiger partial charge in [0, 0.05) is 19.7 Å². The molecule has 0 spiro atoms. The smallest absolute Gasteiger partial charge is 0.410 e. The van der Waals surface area contributed by atoms with Crippen molar-refractivity contribution in [2.75, 3.05) is 19.7 Å². The summed E-state index contributed by atoms with van der Waals surface area (Å²) in [7, 11) is 0. The molecule has 0 aromatic carbocycles. The molecular formula is C15H29NO3. The second kappa shape index (κ2) is 6.60. The summed E-state index contributed by atoms with van der Waals surface area (Å²) in [4.78, 5) is 14.0. The van der Waals surface area contributed by atoms with Gasteiger partial charge >= 0.3 is 6.09 Å². The van der Waals surface area contributed by atoms with Crippen LogP contribution in [0.4, 0.5) is 4.79 Å². The Labute approximate surface area is 117 Å². The fraction of sp³-hybridized carbons (Fsp3) is 0.933. The Bertz CT molecular complexity index is 285. The Hall–Kier alpha value is -0.770. The first-order chi connectivity index (χ1) is 8.82. The standard InChI is InChI=1S/C15H29NO3/c1-5-7-15(9-11-17)8-6-10-16(12-15)13(18)19-14(2,3)4/h17H,5-12H2,1-4H3. The van der Waals surface area contributed by atoms with E-state index < -0.39 is 5.60 Å². The largest absolute Gasteiger partial charge is 0.444 e. The van der Waals surface area contributed by atoms with Crippen molar-refractivity contribution < 1.29 is 14.6 Å². The summed E-state index contributed by atoms with van der Waals surface area (Å²) < 4.78 is 5.45. The maximum absolute atomic E-state index is 12.2. The second-order valence-corrected chi connectivity index (χ2v) is 6.73. The minimum absolute atomic E-state index is 0.0820. The number of nitrogens with zero attached hydrogens (tertiary/aromatic N) is 1. The molecule has 19 heavy (non-hydrogen) atoms. The number of aliphatic hydroxyl groups excluding tert-OH is 1. The molecule has 1 aliphatic rings. The van der Waals surface area contributed by atoms with Crippen LogP contribution in [0.1, 0.15) is 59.8 Å². The first kappa shape index (κ1) is 16.3. The molecule has 1 saturated heterocycles. The van der Waals surface area contributed by atoms with Gasteiger partial charge in [0.05, 0.1) is 0 Å². The number of ether oxygens (including phenoxy) is 1. The zero-order valence-electron chi connectivity index (χ0n) is 12.9. The van der Waals surface area contributed by atoms with Gasteiger partial charge < -0.3 is 14.7 Å². The van der Waals surface area contributed by atoms with Gasteiger partial charge in [-0.2, -0.15) is 0 Å². The number of hydrogen-bond acceptors (Lipinski definition) is 3. The third-order valence-electron chi connectivity index (χ3n) is 3.74. The normalized spacial score (nSPS) is 24.4. The van der Waals surface area contributed by atoms with E-state index in [1.54, 1.807) is 0 Å². The topological polar surface area (TPSA) is 49.8 Å².